The predicted octanol–water partition coefficient (Wildman–Crippen LogP) is 0.872. The Balaban J connectivity index is 1.32. The van der Waals surface area contributed by atoms with Gasteiger partial charge < -0.3 is 9.80 Å². The molecule has 1 aromatic rings. The van der Waals surface area contributed by atoms with Crippen molar-refractivity contribution in [2.45, 2.75) is 38.6 Å². The number of amidine groups is 1. The molecule has 3 aliphatic heterocycles. The Kier molecular flexibility index (Phi) is 7.04. The average molecular weight is 441 g/mol. The molecular formula is C23H32N6O3. The number of hydrogen-bond donors (Lipinski definition) is 1. The Morgan fingerprint density at radius 3 is 2.25 bits per heavy atom. The molecule has 172 valence electrons. The Bertz CT molecular complexity index is 858. The molecule has 0 aromatic heterocycles. The van der Waals surface area contributed by atoms with Gasteiger partial charge in [0, 0.05) is 39.3 Å². The zero-order valence-electron chi connectivity index (χ0n) is 18.7. The lowest BCUT2D eigenvalue weighted by molar-refractivity contribution is -0.133. The lowest BCUT2D eigenvalue weighted by Gasteiger charge is -2.37. The van der Waals surface area contributed by atoms with Gasteiger partial charge in [-0.15, -0.1) is 0 Å². The first-order valence-electron chi connectivity index (χ1n) is 11.6. The van der Waals surface area contributed by atoms with Crippen molar-refractivity contribution >= 4 is 29.2 Å². The molecule has 3 aliphatic rings. The molecule has 0 bridgehead atoms. The normalized spacial score (nSPS) is 22.8. The summed E-state index contributed by atoms with van der Waals surface area (Å²) in [6.45, 7) is 6.18. The lowest BCUT2D eigenvalue weighted by atomic mass is 10.2. The van der Waals surface area contributed by atoms with Gasteiger partial charge in [0.25, 0.3) is 11.8 Å². The number of hydrazine groups is 1. The minimum Gasteiger partial charge on any atom is -0.342 e. The summed E-state index contributed by atoms with van der Waals surface area (Å²) < 4.78 is 0. The van der Waals surface area contributed by atoms with Crippen LogP contribution >= 0.6 is 0 Å². The summed E-state index contributed by atoms with van der Waals surface area (Å²) in [6.07, 6.45) is 4.58. The fraction of sp³-hybridized carbons (Fsp3) is 0.565. The molecule has 0 saturated carbocycles. The van der Waals surface area contributed by atoms with E-state index in [0.29, 0.717) is 38.4 Å². The largest absolute Gasteiger partial charge is 0.342 e. The Labute approximate surface area is 189 Å². The SMILES string of the molecule is CC1N=C(C(=O)N2CCN(CC(=O)N3CCCCCC3)CC2)NN(c2ccccc2)C1=O. The van der Waals surface area contributed by atoms with E-state index < -0.39 is 6.04 Å². The molecule has 9 heteroatoms. The van der Waals surface area contributed by atoms with Gasteiger partial charge in [0.15, 0.2) is 0 Å². The predicted molar refractivity (Wildman–Crippen MR) is 122 cm³/mol. The van der Waals surface area contributed by atoms with Crippen LogP contribution in [0.1, 0.15) is 32.6 Å². The van der Waals surface area contributed by atoms with Gasteiger partial charge in [-0.1, -0.05) is 31.0 Å². The number of carbonyl (C=O) groups is 3. The summed E-state index contributed by atoms with van der Waals surface area (Å²) in [5.74, 6) is -0.0562. The van der Waals surface area contributed by atoms with Crippen LogP contribution in [0.2, 0.25) is 0 Å². The van der Waals surface area contributed by atoms with Gasteiger partial charge >= 0.3 is 0 Å². The van der Waals surface area contributed by atoms with Gasteiger partial charge in [0.05, 0.1) is 12.2 Å². The highest BCUT2D eigenvalue weighted by molar-refractivity contribution is 6.39. The van der Waals surface area contributed by atoms with Gasteiger partial charge in [0.2, 0.25) is 11.7 Å². The van der Waals surface area contributed by atoms with Gasteiger partial charge in [0.1, 0.15) is 6.04 Å². The van der Waals surface area contributed by atoms with Crippen LogP contribution in [0.15, 0.2) is 35.3 Å². The number of anilines is 1. The van der Waals surface area contributed by atoms with Crippen molar-refractivity contribution in [3.05, 3.63) is 30.3 Å². The topological polar surface area (TPSA) is 88.6 Å². The molecule has 2 saturated heterocycles. The van der Waals surface area contributed by atoms with Crippen LogP contribution in [-0.2, 0) is 14.4 Å². The summed E-state index contributed by atoms with van der Waals surface area (Å²) in [7, 11) is 0. The first kappa shape index (κ1) is 22.3. The number of aliphatic imine (C=N–C) groups is 1. The number of likely N-dealkylation sites (tertiary alicyclic amines) is 1. The van der Waals surface area contributed by atoms with Crippen molar-refractivity contribution in [2.24, 2.45) is 4.99 Å². The van der Waals surface area contributed by atoms with Crippen LogP contribution in [0.5, 0.6) is 0 Å². The zero-order valence-corrected chi connectivity index (χ0v) is 18.7. The summed E-state index contributed by atoms with van der Waals surface area (Å²) in [4.78, 5) is 48.5. The molecule has 32 heavy (non-hydrogen) atoms. The maximum Gasteiger partial charge on any atom is 0.290 e. The quantitative estimate of drug-likeness (QED) is 0.751. The van der Waals surface area contributed by atoms with Crippen molar-refractivity contribution < 1.29 is 14.4 Å². The van der Waals surface area contributed by atoms with Crippen LogP contribution in [0, 0.1) is 0 Å². The molecule has 1 unspecified atom stereocenters. The number of carbonyl (C=O) groups excluding carboxylic acids is 3. The average Bonchev–Trinajstić information content (AvgIpc) is 3.11. The van der Waals surface area contributed by atoms with E-state index >= 15 is 0 Å². The highest BCUT2D eigenvalue weighted by atomic mass is 16.2. The molecule has 4 rings (SSSR count). The minimum atomic E-state index is -0.636. The second kappa shape index (κ2) is 10.1. The third-order valence-electron chi connectivity index (χ3n) is 6.31. The summed E-state index contributed by atoms with van der Waals surface area (Å²) in [5.41, 5.74) is 3.58. The third kappa shape index (κ3) is 5.09. The van der Waals surface area contributed by atoms with Crippen LogP contribution in [0.4, 0.5) is 5.69 Å². The third-order valence-corrected chi connectivity index (χ3v) is 6.31. The van der Waals surface area contributed by atoms with Crippen molar-refractivity contribution in [3.8, 4) is 0 Å². The van der Waals surface area contributed by atoms with E-state index in [1.807, 2.05) is 35.2 Å². The molecule has 3 heterocycles. The lowest BCUT2D eigenvalue weighted by Crippen LogP contribution is -2.60. The van der Waals surface area contributed by atoms with Gasteiger partial charge in [-0.3, -0.25) is 24.7 Å². The molecule has 2 fully saturated rings. The van der Waals surface area contributed by atoms with Crippen molar-refractivity contribution in [3.63, 3.8) is 0 Å². The number of amides is 3. The maximum atomic E-state index is 13.1. The van der Waals surface area contributed by atoms with Crippen molar-refractivity contribution in [1.82, 2.24) is 20.1 Å². The second-order valence-corrected chi connectivity index (χ2v) is 8.64. The number of benzene rings is 1. The zero-order chi connectivity index (χ0) is 22.5. The summed E-state index contributed by atoms with van der Waals surface area (Å²) in [6, 6.07) is 8.54. The number of piperazine rings is 1. The summed E-state index contributed by atoms with van der Waals surface area (Å²) in [5, 5.41) is 1.39. The van der Waals surface area contributed by atoms with Gasteiger partial charge in [-0.05, 0) is 31.9 Å². The standard InChI is InChI=1S/C23H32N6O3/c1-18-22(31)29(19-9-5-4-6-10-19)25-21(24-18)23(32)28-15-13-26(14-16-28)17-20(30)27-11-7-2-3-8-12-27/h4-6,9-10,18H,2-3,7-8,11-17H2,1H3,(H,24,25). The van der Waals surface area contributed by atoms with Crippen molar-refractivity contribution in [1.29, 1.82) is 0 Å². The molecular weight excluding hydrogens is 408 g/mol. The van der Waals surface area contributed by atoms with E-state index in [0.717, 1.165) is 25.9 Å². The first-order valence-corrected chi connectivity index (χ1v) is 11.6. The van der Waals surface area contributed by atoms with E-state index in [-0.39, 0.29) is 23.6 Å². The van der Waals surface area contributed by atoms with E-state index in [2.05, 4.69) is 15.3 Å². The molecule has 1 atom stereocenters. The maximum absolute atomic E-state index is 13.1. The Hall–Kier alpha value is -2.94. The number of hydrogen-bond acceptors (Lipinski definition) is 6. The van der Waals surface area contributed by atoms with E-state index in [1.54, 1.807) is 11.8 Å². The Morgan fingerprint density at radius 1 is 0.938 bits per heavy atom. The summed E-state index contributed by atoms with van der Waals surface area (Å²) >= 11 is 0. The van der Waals surface area contributed by atoms with E-state index in [1.165, 1.54) is 17.9 Å². The molecule has 0 radical (unpaired) electrons. The number of rotatable bonds is 4. The monoisotopic (exact) mass is 440 g/mol. The fourth-order valence-electron chi connectivity index (χ4n) is 4.37. The second-order valence-electron chi connectivity index (χ2n) is 8.64. The molecule has 0 spiro atoms. The van der Waals surface area contributed by atoms with Gasteiger partial charge in [-0.25, -0.2) is 10.0 Å². The number of nitrogens with zero attached hydrogens (tertiary/aromatic N) is 5. The van der Waals surface area contributed by atoms with Crippen LogP contribution in [-0.4, -0.2) is 90.1 Å². The fourth-order valence-corrected chi connectivity index (χ4v) is 4.37. The first-order chi connectivity index (χ1) is 15.5. The highest BCUT2D eigenvalue weighted by Crippen LogP contribution is 2.17. The number of nitrogens with one attached hydrogen (secondary N) is 1. The number of para-hydroxylation sites is 1. The van der Waals surface area contributed by atoms with E-state index in [4.69, 9.17) is 0 Å². The van der Waals surface area contributed by atoms with Crippen LogP contribution in [0.25, 0.3) is 0 Å². The molecule has 9 nitrogen and oxygen atoms in total. The van der Waals surface area contributed by atoms with Gasteiger partial charge in [-0.2, -0.15) is 0 Å². The van der Waals surface area contributed by atoms with Crippen LogP contribution < -0.4 is 10.4 Å². The van der Waals surface area contributed by atoms with E-state index in [9.17, 15) is 14.4 Å². The molecule has 1 aromatic carbocycles. The molecule has 0 aliphatic carbocycles. The van der Waals surface area contributed by atoms with Crippen LogP contribution in [0.3, 0.4) is 0 Å². The highest BCUT2D eigenvalue weighted by Gasteiger charge is 2.34. The Morgan fingerprint density at radius 2 is 1.59 bits per heavy atom. The molecule has 1 N–H and O–H groups in total. The van der Waals surface area contributed by atoms with Crippen molar-refractivity contribution in [2.75, 3.05) is 50.8 Å². The molecule has 3 amide bonds. The minimum absolute atomic E-state index is 0.176. The smallest absolute Gasteiger partial charge is 0.290 e.